The van der Waals surface area contributed by atoms with Gasteiger partial charge in [-0.1, -0.05) is 37.6 Å². The summed E-state index contributed by atoms with van der Waals surface area (Å²) in [6.45, 7) is 10.8. The molecule has 0 rings (SSSR count). The molecule has 2 N–H and O–H groups in total. The molecular formula is C18H28ClN3O2. The minimum absolute atomic E-state index is 0.0924. The van der Waals surface area contributed by atoms with E-state index in [1.165, 1.54) is 7.11 Å². The van der Waals surface area contributed by atoms with E-state index in [9.17, 15) is 0 Å². The van der Waals surface area contributed by atoms with E-state index in [2.05, 4.69) is 18.2 Å². The second-order valence-corrected chi connectivity index (χ2v) is 5.87. The summed E-state index contributed by atoms with van der Waals surface area (Å²) >= 11 is 5.83. The van der Waals surface area contributed by atoms with E-state index in [0.717, 1.165) is 32.1 Å². The van der Waals surface area contributed by atoms with Crippen molar-refractivity contribution in [1.29, 1.82) is 10.8 Å². The number of hydrogen-bond donors (Lipinski definition) is 2. The van der Waals surface area contributed by atoms with Crippen molar-refractivity contribution in [1.82, 2.24) is 0 Å². The summed E-state index contributed by atoms with van der Waals surface area (Å²) < 4.78 is 10.2. The van der Waals surface area contributed by atoms with Crippen LogP contribution < -0.4 is 0 Å². The summed E-state index contributed by atoms with van der Waals surface area (Å²) in [5.41, 5.74) is 1.29. The Labute approximate surface area is 150 Å². The van der Waals surface area contributed by atoms with Crippen LogP contribution in [-0.4, -0.2) is 24.1 Å². The van der Waals surface area contributed by atoms with Gasteiger partial charge in [0.25, 0.3) is 0 Å². The Morgan fingerprint density at radius 2 is 1.71 bits per heavy atom. The number of methoxy groups -OCH3 is 1. The molecule has 0 saturated carbocycles. The van der Waals surface area contributed by atoms with E-state index >= 15 is 0 Å². The van der Waals surface area contributed by atoms with Crippen molar-refractivity contribution in [3.63, 3.8) is 0 Å². The van der Waals surface area contributed by atoms with Gasteiger partial charge >= 0.3 is 0 Å². The van der Waals surface area contributed by atoms with Crippen molar-refractivity contribution >= 4 is 28.6 Å². The third-order valence-corrected chi connectivity index (χ3v) is 3.27. The third-order valence-electron chi connectivity index (χ3n) is 3.19. The summed E-state index contributed by atoms with van der Waals surface area (Å²) in [5, 5.41) is 15.6. The van der Waals surface area contributed by atoms with Gasteiger partial charge in [0.05, 0.1) is 18.6 Å². The summed E-state index contributed by atoms with van der Waals surface area (Å²) in [4.78, 5) is 4.21. The van der Waals surface area contributed by atoms with Gasteiger partial charge in [-0.25, -0.2) is 4.99 Å². The van der Waals surface area contributed by atoms with Gasteiger partial charge in [0, 0.05) is 18.9 Å². The van der Waals surface area contributed by atoms with Gasteiger partial charge in [-0.05, 0) is 32.3 Å². The van der Waals surface area contributed by atoms with Crippen molar-refractivity contribution < 1.29 is 9.47 Å². The SMILES string of the molecule is C=C/C(N=C(C)Cl)=C(\CCCCCCC(=C)OC(C)=N)C(=N)OC. The Morgan fingerprint density at radius 1 is 1.12 bits per heavy atom. The molecule has 0 unspecified atom stereocenters. The molecule has 0 bridgehead atoms. The molecule has 0 atom stereocenters. The normalized spacial score (nSPS) is 12.2. The van der Waals surface area contributed by atoms with Crippen LogP contribution in [0.1, 0.15) is 52.4 Å². The van der Waals surface area contributed by atoms with Crippen LogP contribution in [0.2, 0.25) is 0 Å². The lowest BCUT2D eigenvalue weighted by atomic mass is 10.0. The van der Waals surface area contributed by atoms with Gasteiger partial charge < -0.3 is 9.47 Å². The number of unbranched alkanes of at least 4 members (excludes halogenated alkanes) is 3. The summed E-state index contributed by atoms with van der Waals surface area (Å²) in [5.74, 6) is 0.889. The first-order chi connectivity index (χ1) is 11.3. The van der Waals surface area contributed by atoms with Gasteiger partial charge in [0.1, 0.15) is 5.17 Å². The molecule has 24 heavy (non-hydrogen) atoms. The molecule has 0 saturated heterocycles. The Kier molecular flexibility index (Phi) is 11.5. The van der Waals surface area contributed by atoms with Crippen molar-refractivity contribution in [2.75, 3.05) is 7.11 Å². The first kappa shape index (κ1) is 22.1. The molecule has 0 radical (unpaired) electrons. The molecule has 134 valence electrons. The molecule has 5 nitrogen and oxygen atoms in total. The number of nitrogens with zero attached hydrogens (tertiary/aromatic N) is 1. The maximum Gasteiger partial charge on any atom is 0.210 e. The number of allylic oxidation sites excluding steroid dienone is 2. The fourth-order valence-electron chi connectivity index (χ4n) is 2.13. The maximum atomic E-state index is 7.92. The van der Waals surface area contributed by atoms with E-state index in [4.69, 9.17) is 31.9 Å². The van der Waals surface area contributed by atoms with Crippen LogP contribution >= 0.6 is 11.6 Å². The fourth-order valence-corrected chi connectivity index (χ4v) is 2.22. The van der Waals surface area contributed by atoms with E-state index in [0.29, 0.717) is 28.6 Å². The Balaban J connectivity index is 4.45. The largest absolute Gasteiger partial charge is 0.481 e. The number of nitrogens with one attached hydrogen (secondary N) is 2. The fraction of sp³-hybridized carbons (Fsp3) is 0.500. The minimum atomic E-state index is 0.0924. The molecule has 0 heterocycles. The molecular weight excluding hydrogens is 326 g/mol. The standard InChI is InChI=1S/C18H28ClN3O2/c1-6-17(22-14(3)19)16(18(21)23-5)12-10-8-7-9-11-13(2)24-15(4)20/h6,20-21H,1-2,7-12H2,3-5H3/b17-16-,20-15?,21-18?,22-14?. The van der Waals surface area contributed by atoms with Gasteiger partial charge in [-0.2, -0.15) is 0 Å². The first-order valence-electron chi connectivity index (χ1n) is 7.91. The van der Waals surface area contributed by atoms with Crippen LogP contribution in [0.5, 0.6) is 0 Å². The summed E-state index contributed by atoms with van der Waals surface area (Å²) in [6, 6.07) is 0. The zero-order valence-corrected chi connectivity index (χ0v) is 15.6. The predicted octanol–water partition coefficient (Wildman–Crippen LogP) is 5.58. The Hall–Kier alpha value is -1.88. The van der Waals surface area contributed by atoms with Crippen molar-refractivity contribution in [3.8, 4) is 0 Å². The number of rotatable bonds is 11. The number of aliphatic imine (C=N–C) groups is 1. The zero-order chi connectivity index (χ0) is 18.5. The van der Waals surface area contributed by atoms with Gasteiger partial charge in [0.2, 0.25) is 5.90 Å². The van der Waals surface area contributed by atoms with Crippen LogP contribution in [-0.2, 0) is 9.47 Å². The number of halogens is 1. The number of hydrogen-bond acceptors (Lipinski definition) is 5. The molecule has 0 aromatic heterocycles. The van der Waals surface area contributed by atoms with E-state index in [1.807, 2.05) is 0 Å². The third kappa shape index (κ3) is 10.0. The van der Waals surface area contributed by atoms with Gasteiger partial charge in [-0.15, -0.1) is 0 Å². The van der Waals surface area contributed by atoms with Crippen molar-refractivity contribution in [2.24, 2.45) is 4.99 Å². The highest BCUT2D eigenvalue weighted by atomic mass is 35.5. The van der Waals surface area contributed by atoms with E-state index < -0.39 is 0 Å². The van der Waals surface area contributed by atoms with E-state index in [-0.39, 0.29) is 11.8 Å². The minimum Gasteiger partial charge on any atom is -0.481 e. The average Bonchev–Trinajstić information content (AvgIpc) is 2.50. The first-order valence-corrected chi connectivity index (χ1v) is 8.29. The van der Waals surface area contributed by atoms with Gasteiger partial charge in [0.15, 0.2) is 5.90 Å². The van der Waals surface area contributed by atoms with E-state index in [1.54, 1.807) is 19.9 Å². The second-order valence-electron chi connectivity index (χ2n) is 5.32. The molecule has 0 aromatic rings. The predicted molar refractivity (Wildman–Crippen MR) is 102 cm³/mol. The lowest BCUT2D eigenvalue weighted by Crippen LogP contribution is -2.07. The highest BCUT2D eigenvalue weighted by Gasteiger charge is 2.11. The van der Waals surface area contributed by atoms with Crippen LogP contribution in [0.4, 0.5) is 0 Å². The maximum absolute atomic E-state index is 7.92. The highest BCUT2D eigenvalue weighted by Crippen LogP contribution is 2.19. The number of ether oxygens (including phenoxy) is 2. The second kappa shape index (κ2) is 12.5. The monoisotopic (exact) mass is 353 g/mol. The topological polar surface area (TPSA) is 78.5 Å². The molecule has 6 heteroatoms. The molecule has 0 amide bonds. The Morgan fingerprint density at radius 3 is 2.17 bits per heavy atom. The molecule has 0 aromatic carbocycles. The molecule has 0 spiro atoms. The summed E-state index contributed by atoms with van der Waals surface area (Å²) in [6.07, 6.45) is 6.92. The highest BCUT2D eigenvalue weighted by molar-refractivity contribution is 6.64. The van der Waals surface area contributed by atoms with Gasteiger partial charge in [-0.3, -0.25) is 10.8 Å². The Bertz CT molecular complexity index is 532. The molecule has 0 aliphatic rings. The lowest BCUT2D eigenvalue weighted by Gasteiger charge is -2.11. The molecule has 0 aliphatic heterocycles. The molecule has 0 aliphatic carbocycles. The van der Waals surface area contributed by atoms with Crippen molar-refractivity contribution in [2.45, 2.75) is 52.4 Å². The van der Waals surface area contributed by atoms with Crippen LogP contribution in [0, 0.1) is 10.8 Å². The zero-order valence-electron chi connectivity index (χ0n) is 14.9. The lowest BCUT2D eigenvalue weighted by molar-refractivity contribution is 0.381. The quantitative estimate of drug-likeness (QED) is 0.167. The average molecular weight is 354 g/mol. The van der Waals surface area contributed by atoms with Crippen LogP contribution in [0.3, 0.4) is 0 Å². The smallest absolute Gasteiger partial charge is 0.210 e. The van der Waals surface area contributed by atoms with Crippen molar-refractivity contribution in [3.05, 3.63) is 36.3 Å². The molecule has 0 fully saturated rings. The van der Waals surface area contributed by atoms with Crippen LogP contribution in [0.15, 0.2) is 41.3 Å². The summed E-state index contributed by atoms with van der Waals surface area (Å²) in [7, 11) is 1.47. The van der Waals surface area contributed by atoms with Crippen LogP contribution in [0.25, 0.3) is 0 Å².